The van der Waals surface area contributed by atoms with Gasteiger partial charge in [-0.05, 0) is 66.1 Å². The van der Waals surface area contributed by atoms with Gasteiger partial charge in [-0.2, -0.15) is 0 Å². The Morgan fingerprint density at radius 2 is 1.82 bits per heavy atom. The number of hydrogen-bond donors (Lipinski definition) is 0. The van der Waals surface area contributed by atoms with E-state index in [1.165, 1.54) is 12.1 Å². The van der Waals surface area contributed by atoms with Crippen LogP contribution in [-0.4, -0.2) is 11.1 Å². The summed E-state index contributed by atoms with van der Waals surface area (Å²) in [6, 6.07) is 17.1. The zero-order valence-electron chi connectivity index (χ0n) is 14.9. The summed E-state index contributed by atoms with van der Waals surface area (Å²) in [4.78, 5) is 14.7. The highest BCUT2D eigenvalue weighted by molar-refractivity contribution is 6.32. The molecule has 0 fully saturated rings. The van der Waals surface area contributed by atoms with Gasteiger partial charge in [0.15, 0.2) is 0 Å². The lowest BCUT2D eigenvalue weighted by atomic mass is 10.2. The Morgan fingerprint density at radius 1 is 1.07 bits per heavy atom. The van der Waals surface area contributed by atoms with Crippen LogP contribution >= 0.6 is 23.2 Å². The quantitative estimate of drug-likeness (QED) is 0.261. The van der Waals surface area contributed by atoms with E-state index < -0.39 is 4.92 Å². The minimum atomic E-state index is -0.438. The van der Waals surface area contributed by atoms with Gasteiger partial charge in [0.25, 0.3) is 5.69 Å². The van der Waals surface area contributed by atoms with E-state index in [2.05, 4.69) is 4.99 Å². The van der Waals surface area contributed by atoms with Crippen molar-refractivity contribution in [2.45, 2.75) is 13.5 Å². The summed E-state index contributed by atoms with van der Waals surface area (Å²) in [6.07, 6.45) is 1.71. The maximum absolute atomic E-state index is 10.7. The monoisotopic (exact) mass is 414 g/mol. The number of hydrogen-bond acceptors (Lipinski definition) is 4. The number of nitro groups is 1. The molecule has 28 heavy (non-hydrogen) atoms. The lowest BCUT2D eigenvalue weighted by molar-refractivity contribution is -0.384. The highest BCUT2D eigenvalue weighted by Crippen LogP contribution is 2.27. The minimum Gasteiger partial charge on any atom is -0.487 e. The molecule has 7 heteroatoms. The lowest BCUT2D eigenvalue weighted by Crippen LogP contribution is -1.97. The van der Waals surface area contributed by atoms with Crippen molar-refractivity contribution in [1.82, 2.24) is 0 Å². The zero-order valence-corrected chi connectivity index (χ0v) is 16.4. The van der Waals surface area contributed by atoms with Gasteiger partial charge in [0.1, 0.15) is 12.4 Å². The molecule has 5 nitrogen and oxygen atoms in total. The molecule has 0 aliphatic carbocycles. The third kappa shape index (κ3) is 5.09. The van der Waals surface area contributed by atoms with Crippen molar-refractivity contribution in [2.75, 3.05) is 0 Å². The summed E-state index contributed by atoms with van der Waals surface area (Å²) >= 11 is 12.3. The Bertz CT molecular complexity index is 1030. The largest absolute Gasteiger partial charge is 0.487 e. The van der Waals surface area contributed by atoms with E-state index in [9.17, 15) is 10.1 Å². The highest BCUT2D eigenvalue weighted by Gasteiger charge is 2.06. The number of aryl methyl sites for hydroxylation is 1. The van der Waals surface area contributed by atoms with E-state index in [-0.39, 0.29) is 12.3 Å². The normalized spacial score (nSPS) is 11.0. The summed E-state index contributed by atoms with van der Waals surface area (Å²) in [6.45, 7) is 2.22. The molecule has 0 aromatic heterocycles. The Labute approximate surface area is 172 Å². The predicted octanol–water partition coefficient (Wildman–Crippen LogP) is 6.54. The van der Waals surface area contributed by atoms with Crippen LogP contribution < -0.4 is 4.74 Å². The minimum absolute atomic E-state index is 0.0420. The van der Waals surface area contributed by atoms with E-state index >= 15 is 0 Å². The van der Waals surface area contributed by atoms with Crippen LogP contribution in [0.5, 0.6) is 5.75 Å². The molecule has 0 atom stereocenters. The topological polar surface area (TPSA) is 64.7 Å². The highest BCUT2D eigenvalue weighted by atomic mass is 35.5. The van der Waals surface area contributed by atoms with Gasteiger partial charge in [0, 0.05) is 23.4 Å². The number of benzene rings is 3. The molecule has 0 heterocycles. The first-order valence-corrected chi connectivity index (χ1v) is 9.14. The molecule has 0 amide bonds. The fourth-order valence-electron chi connectivity index (χ4n) is 2.46. The second-order valence-electron chi connectivity index (χ2n) is 6.09. The van der Waals surface area contributed by atoms with Crippen molar-refractivity contribution < 1.29 is 9.66 Å². The molecule has 142 valence electrons. The van der Waals surface area contributed by atoms with Gasteiger partial charge >= 0.3 is 0 Å². The lowest BCUT2D eigenvalue weighted by Gasteiger charge is -2.08. The van der Waals surface area contributed by atoms with Gasteiger partial charge in [-0.15, -0.1) is 0 Å². The fraction of sp³-hybridized carbons (Fsp3) is 0.0952. The molecule has 0 aliphatic rings. The maximum atomic E-state index is 10.7. The number of ether oxygens (including phenoxy) is 1. The van der Waals surface area contributed by atoms with Crippen molar-refractivity contribution in [3.05, 3.63) is 97.5 Å². The number of nitro benzene ring substituents is 1. The smallest absolute Gasteiger partial charge is 0.269 e. The molecule has 0 spiro atoms. The number of non-ortho nitro benzene ring substituents is 1. The molecular weight excluding hydrogens is 399 g/mol. The van der Waals surface area contributed by atoms with Gasteiger partial charge < -0.3 is 4.74 Å². The summed E-state index contributed by atoms with van der Waals surface area (Å²) < 4.78 is 5.71. The van der Waals surface area contributed by atoms with Gasteiger partial charge in [0.2, 0.25) is 0 Å². The first kappa shape index (κ1) is 19.9. The Kier molecular flexibility index (Phi) is 6.29. The third-order valence-electron chi connectivity index (χ3n) is 4.02. The standard InChI is InChI=1S/C21H16Cl2N2O3/c1-14-2-6-17(22)11-20(14)24-12-16-5-9-21(19(23)10-16)28-13-15-3-7-18(8-4-15)25(26)27/h2-12H,13H2,1H3. The average Bonchev–Trinajstić information content (AvgIpc) is 2.68. The van der Waals surface area contributed by atoms with Gasteiger partial charge in [-0.1, -0.05) is 29.3 Å². The van der Waals surface area contributed by atoms with E-state index in [1.807, 2.05) is 25.1 Å². The Hall–Kier alpha value is -2.89. The molecule has 0 saturated heterocycles. The van der Waals surface area contributed by atoms with Gasteiger partial charge in [-0.3, -0.25) is 15.1 Å². The molecule has 0 N–H and O–H groups in total. The molecular formula is C21H16Cl2N2O3. The van der Waals surface area contributed by atoms with E-state index in [1.54, 1.807) is 36.5 Å². The maximum Gasteiger partial charge on any atom is 0.269 e. The van der Waals surface area contributed by atoms with Crippen LogP contribution in [0.25, 0.3) is 0 Å². The molecule has 0 unspecified atom stereocenters. The van der Waals surface area contributed by atoms with Crippen LogP contribution in [0.4, 0.5) is 11.4 Å². The summed E-state index contributed by atoms with van der Waals surface area (Å²) in [5, 5.41) is 11.8. The van der Waals surface area contributed by atoms with Crippen LogP contribution in [0.3, 0.4) is 0 Å². The number of aliphatic imine (C=N–C) groups is 1. The van der Waals surface area contributed by atoms with Crippen LogP contribution in [0.1, 0.15) is 16.7 Å². The van der Waals surface area contributed by atoms with Crippen LogP contribution in [-0.2, 0) is 6.61 Å². The summed E-state index contributed by atoms with van der Waals surface area (Å²) in [7, 11) is 0. The Balaban J connectivity index is 1.67. The first-order valence-electron chi connectivity index (χ1n) is 8.38. The van der Waals surface area contributed by atoms with E-state index in [0.29, 0.717) is 15.8 Å². The average molecular weight is 415 g/mol. The molecule has 3 aromatic rings. The second kappa shape index (κ2) is 8.87. The molecule has 0 radical (unpaired) electrons. The van der Waals surface area contributed by atoms with Crippen LogP contribution in [0.2, 0.25) is 10.0 Å². The second-order valence-corrected chi connectivity index (χ2v) is 6.93. The third-order valence-corrected chi connectivity index (χ3v) is 4.55. The molecule has 0 bridgehead atoms. The molecule has 3 rings (SSSR count). The number of nitrogens with zero attached hydrogens (tertiary/aromatic N) is 2. The van der Waals surface area contributed by atoms with Crippen molar-refractivity contribution in [2.24, 2.45) is 4.99 Å². The Morgan fingerprint density at radius 3 is 2.50 bits per heavy atom. The number of halogens is 2. The van der Waals surface area contributed by atoms with Crippen LogP contribution in [0, 0.1) is 17.0 Å². The van der Waals surface area contributed by atoms with Crippen LogP contribution in [0.15, 0.2) is 65.7 Å². The summed E-state index contributed by atoms with van der Waals surface area (Å²) in [5.74, 6) is 0.524. The molecule has 0 aliphatic heterocycles. The van der Waals surface area contributed by atoms with Crippen molar-refractivity contribution in [1.29, 1.82) is 0 Å². The van der Waals surface area contributed by atoms with Crippen molar-refractivity contribution in [3.8, 4) is 5.75 Å². The molecule has 0 saturated carbocycles. The van der Waals surface area contributed by atoms with Crippen molar-refractivity contribution in [3.63, 3.8) is 0 Å². The number of rotatable bonds is 6. The van der Waals surface area contributed by atoms with Crippen molar-refractivity contribution >= 4 is 40.8 Å². The zero-order chi connectivity index (χ0) is 20.1. The summed E-state index contributed by atoms with van der Waals surface area (Å²) in [5.41, 5.74) is 3.49. The predicted molar refractivity (Wildman–Crippen MR) is 112 cm³/mol. The van der Waals surface area contributed by atoms with Gasteiger partial charge in [-0.25, -0.2) is 0 Å². The van der Waals surface area contributed by atoms with E-state index in [4.69, 9.17) is 27.9 Å². The van der Waals surface area contributed by atoms with E-state index in [0.717, 1.165) is 22.4 Å². The SMILES string of the molecule is Cc1ccc(Cl)cc1N=Cc1ccc(OCc2ccc([N+](=O)[O-])cc2)c(Cl)c1. The fourth-order valence-corrected chi connectivity index (χ4v) is 2.87. The molecule has 3 aromatic carbocycles. The van der Waals surface area contributed by atoms with Gasteiger partial charge in [0.05, 0.1) is 15.6 Å². The first-order chi connectivity index (χ1) is 13.4.